The quantitative estimate of drug-likeness (QED) is 0.00630. The number of nitrogens with one attached hydrogen (secondary N) is 2. The summed E-state index contributed by atoms with van der Waals surface area (Å²) in [4.78, 5) is 31.5. The number of para-hydroxylation sites is 2. The number of alkyl halides is 12. The fraction of sp³-hybridized carbons (Fsp3) is 0.443. The van der Waals surface area contributed by atoms with Crippen molar-refractivity contribution in [3.05, 3.63) is 158 Å². The highest BCUT2D eigenvalue weighted by Gasteiger charge is 2.40. The maximum absolute atomic E-state index is 13.3. The van der Waals surface area contributed by atoms with Gasteiger partial charge in [0.25, 0.3) is 0 Å². The number of nitrogen functional groups attached to an aromatic ring is 3. The Kier molecular flexibility index (Phi) is 55.9. The number of guanidine groups is 1. The first-order chi connectivity index (χ1) is 53.7. The average molecular weight is 1840 g/mol. The van der Waals surface area contributed by atoms with E-state index in [1.54, 1.807) is 25.2 Å². The largest absolute Gasteiger partial charge is 0.481 e. The lowest BCUT2D eigenvalue weighted by atomic mass is 10.1. The highest BCUT2D eigenvalue weighted by Crippen LogP contribution is 2.46. The molecule has 7 rings (SSSR count). The van der Waals surface area contributed by atoms with Gasteiger partial charge in [-0.15, -0.1) is 36.6 Å². The molecule has 0 unspecified atom stereocenters. The number of nitriles is 3. The minimum absolute atomic E-state index is 0. The lowest BCUT2D eigenvalue weighted by molar-refractivity contribution is -0.179. The number of methoxy groups -OCH3 is 4. The van der Waals surface area contributed by atoms with E-state index in [0.29, 0.717) is 42.4 Å². The number of nitrogens with two attached hydrogens (primary N) is 5. The number of aromatic nitrogens is 6. The van der Waals surface area contributed by atoms with Gasteiger partial charge in [0.15, 0.2) is 12.3 Å². The van der Waals surface area contributed by atoms with Crippen LogP contribution in [-0.2, 0) is 29.4 Å². The van der Waals surface area contributed by atoms with Gasteiger partial charge in [-0.2, -0.15) is 73.5 Å². The molecule has 0 aliphatic carbocycles. The molecule has 0 aliphatic heterocycles. The molecule has 121 heavy (non-hydrogen) atoms. The number of rotatable bonds is 22. The van der Waals surface area contributed by atoms with Gasteiger partial charge in [-0.05, 0) is 121 Å². The van der Waals surface area contributed by atoms with E-state index in [4.69, 9.17) is 56.8 Å². The van der Waals surface area contributed by atoms with Gasteiger partial charge in [-0.3, -0.25) is 15.2 Å². The molecule has 2 aromatic carbocycles. The zero-order valence-electron chi connectivity index (χ0n) is 68.7. The van der Waals surface area contributed by atoms with E-state index in [1.807, 2.05) is 172 Å². The summed E-state index contributed by atoms with van der Waals surface area (Å²) in [5, 5.41) is 36.1. The van der Waals surface area contributed by atoms with Gasteiger partial charge in [0.1, 0.15) is 50.0 Å². The smallest absolute Gasteiger partial charge is 0.421 e. The number of pyridine rings is 4. The van der Waals surface area contributed by atoms with Crippen LogP contribution in [0.1, 0.15) is 167 Å². The minimum Gasteiger partial charge on any atom is -0.481 e. The Labute approximate surface area is 732 Å². The van der Waals surface area contributed by atoms with Crippen molar-refractivity contribution in [1.82, 2.24) is 44.6 Å². The Balaban J connectivity index is -0.000000450. The van der Waals surface area contributed by atoms with Crippen molar-refractivity contribution in [1.29, 1.82) is 21.2 Å². The van der Waals surface area contributed by atoms with E-state index < -0.39 is 70.5 Å². The summed E-state index contributed by atoms with van der Waals surface area (Å²) in [6.45, 7) is 20.8. The van der Waals surface area contributed by atoms with Crippen LogP contribution in [-0.4, -0.2) is 139 Å². The van der Waals surface area contributed by atoms with Gasteiger partial charge in [0.2, 0.25) is 29.5 Å². The van der Waals surface area contributed by atoms with Crippen LogP contribution in [0.3, 0.4) is 0 Å². The molecule has 0 saturated carbocycles. The van der Waals surface area contributed by atoms with Crippen LogP contribution in [0.15, 0.2) is 138 Å². The summed E-state index contributed by atoms with van der Waals surface area (Å²) in [5.74, 6) is -2.45. The fourth-order valence-electron chi connectivity index (χ4n) is 8.88. The molecule has 5 aromatic heterocycles. The van der Waals surface area contributed by atoms with Crippen LogP contribution in [0.5, 0.6) is 23.5 Å². The lowest BCUT2D eigenvalue weighted by Crippen LogP contribution is -2.46. The first kappa shape index (κ1) is 120. The van der Waals surface area contributed by atoms with E-state index in [2.05, 4.69) is 67.5 Å². The van der Waals surface area contributed by atoms with Crippen molar-refractivity contribution >= 4 is 101 Å². The predicted octanol–water partition coefficient (Wildman–Crippen LogP) is 21.3. The summed E-state index contributed by atoms with van der Waals surface area (Å²) < 4.78 is 183. The average Bonchev–Trinajstić information content (AvgIpc) is 0.805. The molecule has 7 aromatic rings. The van der Waals surface area contributed by atoms with Crippen molar-refractivity contribution in [2.45, 2.75) is 183 Å². The van der Waals surface area contributed by atoms with Crippen LogP contribution >= 0.6 is 71.9 Å². The van der Waals surface area contributed by atoms with Gasteiger partial charge < -0.3 is 62.6 Å². The van der Waals surface area contributed by atoms with Crippen LogP contribution in [0.4, 0.5) is 75.8 Å². The molecule has 5 heterocycles. The highest BCUT2D eigenvalue weighted by molar-refractivity contribution is 8.03. The second kappa shape index (κ2) is 56.3. The van der Waals surface area contributed by atoms with Gasteiger partial charge >= 0.3 is 24.7 Å². The Morgan fingerprint density at radius 1 is 0.512 bits per heavy atom. The molecule has 24 nitrogen and oxygen atoms in total. The Morgan fingerprint density at radius 2 is 0.835 bits per heavy atom. The van der Waals surface area contributed by atoms with Crippen molar-refractivity contribution < 1.29 is 76.4 Å². The molecule has 0 saturated heterocycles. The number of nitrogens with zero attached hydrogens (tertiary/aromatic N) is 12. The van der Waals surface area contributed by atoms with E-state index >= 15 is 0 Å². The van der Waals surface area contributed by atoms with Crippen LogP contribution in [0.25, 0.3) is 0 Å². The molecule has 42 heteroatoms. The molecule has 0 spiro atoms. The van der Waals surface area contributed by atoms with Crippen molar-refractivity contribution in [2.24, 2.45) is 11.5 Å². The van der Waals surface area contributed by atoms with Gasteiger partial charge in [0, 0.05) is 63.6 Å². The summed E-state index contributed by atoms with van der Waals surface area (Å²) >= 11 is 3.94. The van der Waals surface area contributed by atoms with E-state index in [1.165, 1.54) is 12.4 Å². The van der Waals surface area contributed by atoms with Crippen molar-refractivity contribution in [2.75, 3.05) is 99.0 Å². The number of hydrogen-bond acceptors (Lipinski definition) is 26. The molecule has 0 amide bonds. The molecule has 0 aliphatic rings. The first-order valence-electron chi connectivity index (χ1n) is 34.3. The molecular formula is C79H113Cl2F12N19O5S4. The second-order valence-corrected chi connectivity index (χ2v) is 30.9. The minimum atomic E-state index is -4.61. The van der Waals surface area contributed by atoms with Gasteiger partial charge in [-0.1, -0.05) is 149 Å². The Hall–Kier alpha value is -9.44. The zero-order chi connectivity index (χ0) is 89.1. The third kappa shape index (κ3) is 43.3. The maximum atomic E-state index is 13.3. The van der Waals surface area contributed by atoms with Crippen LogP contribution < -0.4 is 52.9 Å². The highest BCUT2D eigenvalue weighted by atomic mass is 35.5. The Bertz CT molecular complexity index is 4440. The third-order valence-corrected chi connectivity index (χ3v) is 17.7. The van der Waals surface area contributed by atoms with Crippen LogP contribution in [0, 0.1) is 39.4 Å². The zero-order valence-corrected chi connectivity index (χ0v) is 73.6. The molecule has 12 N–H and O–H groups in total. The van der Waals surface area contributed by atoms with E-state index in [-0.39, 0.29) is 121 Å². The summed E-state index contributed by atoms with van der Waals surface area (Å²) in [7, 11) is 16.1. The Morgan fingerprint density at radius 3 is 1.11 bits per heavy atom. The molecule has 0 fully saturated rings. The van der Waals surface area contributed by atoms with Crippen LogP contribution in [0.2, 0.25) is 0 Å². The molecule has 0 radical (unpaired) electrons. The number of anilines is 4. The number of hydrogen-bond donors (Lipinski definition) is 7. The summed E-state index contributed by atoms with van der Waals surface area (Å²) in [6.07, 6.45) is -13.9. The summed E-state index contributed by atoms with van der Waals surface area (Å²) in [5.41, 5.74) is 25.0. The van der Waals surface area contributed by atoms with E-state index in [0.717, 1.165) is 111 Å². The number of thioether (sulfide) groups is 3. The standard InChI is InChI=1S/C19H18F3N3OS.C15H18F3N3OS.C14H16F3N5OS.C12H13F3N2OS.C9H22N2O.C6H7N.CH5N3.3CH4.2ClH/c1-12(2)17-16(9-15(19(20,21)22)18(25-17)26-3)27-14(10-23)11-24-13-7-5-4-6-8-13;1-9(2)13-12(23-10(7-19)8-21(3)4)6-11(15(16,17)18)14(20-13)22-5;1-6(2)10-8(24-9-5-20-13(19)22-11(9)18)4-7(14(15,16)17)12(21-10)23-3;1-7(2)10-9(19-5-4-16)6-8(12(13,14)15)11(17-10)18-3;1-9(2,3)12-8(10(4)5)11(6)7;7-6-4-2-1-3-5-6;2-1(3)4;;;;;/h4-9,11-12,24H,1-3H3;6,8-9H,1-5H3;4-6H,1-3H3,(H4,18,19,20,22);6-7H,5H2,1-3H3;8H,1-7H3;1-5H,7H2;(H5,2,3,4);3*1H4;2*1H/b14-11+;;;;;;;;;;;. The number of halogens is 14. The monoisotopic (exact) mass is 1830 g/mol. The molecule has 0 bridgehead atoms. The van der Waals surface area contributed by atoms with Crippen molar-refractivity contribution in [3.8, 4) is 41.7 Å². The third-order valence-electron chi connectivity index (χ3n) is 13.7. The van der Waals surface area contributed by atoms with Gasteiger partial charge in [0.05, 0.1) is 73.5 Å². The number of allylic oxidation sites excluding steroid dienone is 2. The normalized spacial score (nSPS) is 11.2. The predicted molar refractivity (Wildman–Crippen MR) is 467 cm³/mol. The fourth-order valence-corrected chi connectivity index (χ4v) is 12.9. The second-order valence-electron chi connectivity index (χ2n) is 26.6. The molecular weight excluding hydrogens is 1720 g/mol. The first-order valence-corrected chi connectivity index (χ1v) is 37.8. The van der Waals surface area contributed by atoms with Gasteiger partial charge in [-0.25, -0.2) is 24.9 Å². The molecule has 0 atom stereocenters. The van der Waals surface area contributed by atoms with E-state index in [9.17, 15) is 57.9 Å². The van der Waals surface area contributed by atoms with Crippen molar-refractivity contribution in [3.63, 3.8) is 0 Å². The SMILES string of the molecule is C.C.C.CN(C)C(OC(C)(C)C)N(C)C.COc1nc(C(C)C)c(S/C(C#N)=C/Nc2ccccc2)cc1C(F)(F)F.COc1nc(C(C)C)c(SC(C#N)=CN(C)C)cc1C(F)(F)F.COc1nc(C(C)C)c(SCC#N)cc1C(F)(F)F.COc1nc(C(C)C)c(Sc2cnc(N)nc2N)cc1C(F)(F)F.Cl.Cl.N=C(N)N.Nc1ccccc1. The number of benzene rings is 2. The number of ether oxygens (including phenoxy) is 5. The molecule has 676 valence electrons. The lowest BCUT2D eigenvalue weighted by Gasteiger charge is -2.35. The summed E-state index contributed by atoms with van der Waals surface area (Å²) in [6, 6.07) is 28.5. The maximum Gasteiger partial charge on any atom is 0.421 e. The topological polar surface area (TPSA) is 371 Å².